The summed E-state index contributed by atoms with van der Waals surface area (Å²) in [5.41, 5.74) is 0.427. The molecule has 1 N–H and O–H groups in total. The van der Waals surface area contributed by atoms with Gasteiger partial charge >= 0.3 is 0 Å². The van der Waals surface area contributed by atoms with Gasteiger partial charge in [0.1, 0.15) is 0 Å². The van der Waals surface area contributed by atoms with E-state index in [1.165, 1.54) is 15.9 Å². The molecule has 1 atom stereocenters. The summed E-state index contributed by atoms with van der Waals surface area (Å²) >= 11 is 0. The van der Waals surface area contributed by atoms with Gasteiger partial charge in [-0.25, -0.2) is 0 Å². The van der Waals surface area contributed by atoms with Gasteiger partial charge in [-0.2, -0.15) is 0 Å². The molecular formula is C28H36O2Si. The standard InChI is InChI=1S/C28H36O2Si/c1-27(2,3)31(25-17-10-6-11-18-25,26-19-12-7-13-20-26)30-22-14-21-28(4,29)23-24-15-8-5-9-16-24/h5-13,15-20,29H,14,21-23H2,1-4H3. The highest BCUT2D eigenvalue weighted by molar-refractivity contribution is 6.99. The first-order valence-corrected chi connectivity index (χ1v) is 13.2. The van der Waals surface area contributed by atoms with Crippen molar-refractivity contribution in [3.05, 3.63) is 96.6 Å². The Kier molecular flexibility index (Phi) is 7.53. The molecule has 3 rings (SSSR count). The maximum atomic E-state index is 10.9. The highest BCUT2D eigenvalue weighted by Gasteiger charge is 2.50. The molecule has 0 fully saturated rings. The lowest BCUT2D eigenvalue weighted by atomic mass is 9.92. The minimum Gasteiger partial charge on any atom is -0.407 e. The Morgan fingerprint density at radius 1 is 0.710 bits per heavy atom. The number of aliphatic hydroxyl groups is 1. The number of hydrogen-bond acceptors (Lipinski definition) is 2. The van der Waals surface area contributed by atoms with E-state index in [1.54, 1.807) is 0 Å². The second kappa shape index (κ2) is 9.95. The van der Waals surface area contributed by atoms with Crippen LogP contribution >= 0.6 is 0 Å². The van der Waals surface area contributed by atoms with Gasteiger partial charge in [-0.15, -0.1) is 0 Å². The molecule has 31 heavy (non-hydrogen) atoms. The van der Waals surface area contributed by atoms with E-state index in [4.69, 9.17) is 4.43 Å². The highest BCUT2D eigenvalue weighted by Crippen LogP contribution is 2.37. The molecule has 0 saturated heterocycles. The SMILES string of the molecule is CC(O)(CCCO[Si](c1ccccc1)(c1ccccc1)C(C)(C)C)Cc1ccccc1. The molecule has 3 aromatic rings. The molecule has 0 bridgehead atoms. The van der Waals surface area contributed by atoms with Crippen LogP contribution in [0.2, 0.25) is 5.04 Å². The lowest BCUT2D eigenvalue weighted by molar-refractivity contribution is 0.0447. The van der Waals surface area contributed by atoms with Crippen LogP contribution in [0.15, 0.2) is 91.0 Å². The third-order valence-corrected chi connectivity index (χ3v) is 11.1. The summed E-state index contributed by atoms with van der Waals surface area (Å²) in [5.74, 6) is 0. The van der Waals surface area contributed by atoms with Crippen LogP contribution in [0.25, 0.3) is 0 Å². The minimum absolute atomic E-state index is 0.0255. The van der Waals surface area contributed by atoms with Crippen LogP contribution in [-0.2, 0) is 10.8 Å². The largest absolute Gasteiger partial charge is 0.407 e. The molecule has 0 aliphatic heterocycles. The van der Waals surface area contributed by atoms with Gasteiger partial charge in [0, 0.05) is 13.0 Å². The molecule has 1 unspecified atom stereocenters. The van der Waals surface area contributed by atoms with Crippen molar-refractivity contribution in [1.82, 2.24) is 0 Å². The summed E-state index contributed by atoms with van der Waals surface area (Å²) in [6, 6.07) is 31.7. The fourth-order valence-corrected chi connectivity index (χ4v) is 9.17. The summed E-state index contributed by atoms with van der Waals surface area (Å²) < 4.78 is 6.94. The van der Waals surface area contributed by atoms with E-state index in [2.05, 4.69) is 93.6 Å². The summed E-state index contributed by atoms with van der Waals surface area (Å²) in [5, 5.41) is 13.5. The van der Waals surface area contributed by atoms with Crippen molar-refractivity contribution in [3.8, 4) is 0 Å². The Bertz CT molecular complexity index is 876. The minimum atomic E-state index is -2.50. The van der Waals surface area contributed by atoms with Crippen LogP contribution in [0.5, 0.6) is 0 Å². The molecule has 0 heterocycles. The molecular weight excluding hydrogens is 396 g/mol. The topological polar surface area (TPSA) is 29.5 Å². The van der Waals surface area contributed by atoms with Gasteiger partial charge in [-0.1, -0.05) is 112 Å². The van der Waals surface area contributed by atoms with Gasteiger partial charge in [0.2, 0.25) is 0 Å². The normalized spacial score (nSPS) is 14.2. The predicted octanol–water partition coefficient (Wildman–Crippen LogP) is 5.34. The monoisotopic (exact) mass is 432 g/mol. The molecule has 0 amide bonds. The van der Waals surface area contributed by atoms with Crippen LogP contribution in [0.3, 0.4) is 0 Å². The van der Waals surface area contributed by atoms with Crippen molar-refractivity contribution in [2.24, 2.45) is 0 Å². The average Bonchev–Trinajstić information content (AvgIpc) is 2.74. The van der Waals surface area contributed by atoms with Crippen molar-refractivity contribution in [2.75, 3.05) is 6.61 Å². The zero-order chi connectivity index (χ0) is 22.4. The maximum Gasteiger partial charge on any atom is 0.261 e. The fourth-order valence-electron chi connectivity index (χ4n) is 4.56. The maximum absolute atomic E-state index is 10.9. The zero-order valence-corrected chi connectivity index (χ0v) is 20.3. The van der Waals surface area contributed by atoms with Crippen molar-refractivity contribution in [2.45, 2.75) is 57.6 Å². The first kappa shape index (κ1) is 23.5. The lowest BCUT2D eigenvalue weighted by Crippen LogP contribution is -2.66. The van der Waals surface area contributed by atoms with Crippen molar-refractivity contribution in [3.63, 3.8) is 0 Å². The molecule has 0 radical (unpaired) electrons. The van der Waals surface area contributed by atoms with Gasteiger partial charge in [0.05, 0.1) is 5.60 Å². The smallest absolute Gasteiger partial charge is 0.261 e. The first-order chi connectivity index (χ1) is 14.7. The van der Waals surface area contributed by atoms with Gasteiger partial charge in [0.15, 0.2) is 0 Å². The highest BCUT2D eigenvalue weighted by atomic mass is 28.4. The second-order valence-corrected chi connectivity index (χ2v) is 14.1. The Hall–Kier alpha value is -2.20. The Balaban J connectivity index is 1.78. The predicted molar refractivity (Wildman–Crippen MR) is 134 cm³/mol. The van der Waals surface area contributed by atoms with E-state index in [-0.39, 0.29) is 5.04 Å². The molecule has 164 valence electrons. The van der Waals surface area contributed by atoms with E-state index in [0.717, 1.165) is 6.42 Å². The van der Waals surface area contributed by atoms with E-state index < -0.39 is 13.9 Å². The molecule has 3 aromatic carbocycles. The second-order valence-electron chi connectivity index (χ2n) is 9.77. The average molecular weight is 433 g/mol. The third kappa shape index (κ3) is 5.73. The third-order valence-electron chi connectivity index (χ3n) is 6.02. The Labute approximate surface area is 189 Å². The fraction of sp³-hybridized carbons (Fsp3) is 0.357. The van der Waals surface area contributed by atoms with E-state index in [1.807, 2.05) is 25.1 Å². The van der Waals surface area contributed by atoms with Gasteiger partial charge in [0.25, 0.3) is 8.32 Å². The van der Waals surface area contributed by atoms with Crippen LogP contribution in [0, 0.1) is 0 Å². The molecule has 0 aliphatic carbocycles. The van der Waals surface area contributed by atoms with Crippen LogP contribution in [0.4, 0.5) is 0 Å². The van der Waals surface area contributed by atoms with E-state index in [9.17, 15) is 5.11 Å². The first-order valence-electron chi connectivity index (χ1n) is 11.3. The van der Waals surface area contributed by atoms with Gasteiger partial charge in [-0.3, -0.25) is 0 Å². The molecule has 0 aliphatic rings. The summed E-state index contributed by atoms with van der Waals surface area (Å²) in [6.45, 7) is 9.46. The summed E-state index contributed by atoms with van der Waals surface area (Å²) in [4.78, 5) is 0. The number of benzene rings is 3. The summed E-state index contributed by atoms with van der Waals surface area (Å²) in [6.07, 6.45) is 2.19. The molecule has 0 saturated carbocycles. The van der Waals surface area contributed by atoms with Gasteiger partial charge < -0.3 is 9.53 Å². The quantitative estimate of drug-likeness (QED) is 0.365. The molecule has 2 nitrogen and oxygen atoms in total. The molecule has 0 spiro atoms. The van der Waals surface area contributed by atoms with E-state index in [0.29, 0.717) is 19.4 Å². The number of rotatable bonds is 9. The molecule has 3 heteroatoms. The Morgan fingerprint density at radius 3 is 1.61 bits per heavy atom. The number of hydrogen-bond donors (Lipinski definition) is 1. The van der Waals surface area contributed by atoms with E-state index >= 15 is 0 Å². The van der Waals surface area contributed by atoms with Crippen LogP contribution in [0.1, 0.15) is 46.1 Å². The summed E-state index contributed by atoms with van der Waals surface area (Å²) in [7, 11) is -2.50. The van der Waals surface area contributed by atoms with Gasteiger partial charge in [-0.05, 0) is 40.7 Å². The molecule has 0 aromatic heterocycles. The van der Waals surface area contributed by atoms with Crippen molar-refractivity contribution >= 4 is 18.7 Å². The van der Waals surface area contributed by atoms with Crippen molar-refractivity contribution in [1.29, 1.82) is 0 Å². The van der Waals surface area contributed by atoms with Crippen LogP contribution < -0.4 is 10.4 Å². The van der Waals surface area contributed by atoms with Crippen LogP contribution in [-0.4, -0.2) is 25.6 Å². The zero-order valence-electron chi connectivity index (χ0n) is 19.3. The Morgan fingerprint density at radius 2 is 1.16 bits per heavy atom. The lowest BCUT2D eigenvalue weighted by Gasteiger charge is -2.43. The van der Waals surface area contributed by atoms with Crippen molar-refractivity contribution < 1.29 is 9.53 Å².